The van der Waals surface area contributed by atoms with Crippen LogP contribution >= 0.6 is 23.5 Å². The van der Waals surface area contributed by atoms with E-state index < -0.39 is 21.8 Å². The van der Waals surface area contributed by atoms with Gasteiger partial charge in [-0.2, -0.15) is 0 Å². The third kappa shape index (κ3) is 3.02. The van der Waals surface area contributed by atoms with Crippen LogP contribution in [0.5, 0.6) is 0 Å². The van der Waals surface area contributed by atoms with Crippen LogP contribution in [0.15, 0.2) is 0 Å². The second kappa shape index (κ2) is 5.41. The van der Waals surface area contributed by atoms with Crippen molar-refractivity contribution in [1.82, 2.24) is 0 Å². The Bertz CT molecular complexity index is 246. The maximum Gasteiger partial charge on any atom is 0.304 e. The van der Waals surface area contributed by atoms with E-state index in [9.17, 15) is 14.4 Å². The molecule has 0 amide bonds. The minimum atomic E-state index is -1.66. The molecule has 0 aliphatic rings. The van der Waals surface area contributed by atoms with Crippen molar-refractivity contribution in [3.05, 3.63) is 0 Å². The average molecular weight is 236 g/mol. The van der Waals surface area contributed by atoms with Gasteiger partial charge in [0.1, 0.15) is 0 Å². The molecule has 0 aromatic heterocycles. The summed E-state index contributed by atoms with van der Waals surface area (Å²) < 4.78 is 4.76. The molecule has 0 bridgehead atoms. The predicted octanol–water partition coefficient (Wildman–Crippen LogP) is 1.09. The molecule has 0 unspecified atom stereocenters. The molecule has 0 N–H and O–H groups in total. The summed E-state index contributed by atoms with van der Waals surface area (Å²) in [6, 6.07) is 0. The fourth-order valence-corrected chi connectivity index (χ4v) is 1.96. The first-order valence-electron chi connectivity index (χ1n) is 3.75. The lowest BCUT2D eigenvalue weighted by Gasteiger charge is -2.23. The summed E-state index contributed by atoms with van der Waals surface area (Å²) in [5, 5.41) is -0.931. The lowest BCUT2D eigenvalue weighted by atomic mass is 10.1. The third-order valence-corrected chi connectivity index (χ3v) is 3.02. The van der Waals surface area contributed by atoms with E-state index in [4.69, 9.17) is 4.74 Å². The second-order valence-electron chi connectivity index (χ2n) is 2.61. The van der Waals surface area contributed by atoms with Gasteiger partial charge >= 0.3 is 5.97 Å². The number of thioether (sulfide) groups is 2. The number of hydrogen-bond donors (Lipinski definition) is 0. The van der Waals surface area contributed by atoms with Gasteiger partial charge in [-0.15, -0.1) is 0 Å². The molecule has 0 radical (unpaired) electrons. The molecule has 0 fully saturated rings. The number of ether oxygens (including phenoxy) is 1. The minimum absolute atomic E-state index is 0.466. The van der Waals surface area contributed by atoms with E-state index >= 15 is 0 Å². The molecule has 0 saturated carbocycles. The summed E-state index contributed by atoms with van der Waals surface area (Å²) in [6.45, 7) is 2.48. The SMILES string of the molecule is CSC(=O)C(C)(OC(C)=O)C(=O)SC. The Balaban J connectivity index is 4.93. The molecule has 0 saturated heterocycles. The van der Waals surface area contributed by atoms with Crippen molar-refractivity contribution < 1.29 is 19.1 Å². The Kier molecular flexibility index (Phi) is 5.22. The highest BCUT2D eigenvalue weighted by Gasteiger charge is 2.43. The van der Waals surface area contributed by atoms with Crippen LogP contribution in [0.3, 0.4) is 0 Å². The van der Waals surface area contributed by atoms with E-state index in [0.717, 1.165) is 23.5 Å². The van der Waals surface area contributed by atoms with Crippen LogP contribution in [0, 0.1) is 0 Å². The van der Waals surface area contributed by atoms with Gasteiger partial charge in [0.15, 0.2) is 0 Å². The molecule has 0 rings (SSSR count). The van der Waals surface area contributed by atoms with Crippen LogP contribution in [0.4, 0.5) is 0 Å². The molecule has 14 heavy (non-hydrogen) atoms. The topological polar surface area (TPSA) is 60.4 Å². The van der Waals surface area contributed by atoms with E-state index in [1.165, 1.54) is 26.4 Å². The quantitative estimate of drug-likeness (QED) is 0.540. The van der Waals surface area contributed by atoms with Gasteiger partial charge in [0, 0.05) is 6.92 Å². The number of hydrogen-bond acceptors (Lipinski definition) is 6. The summed E-state index contributed by atoms with van der Waals surface area (Å²) in [5.41, 5.74) is -1.66. The summed E-state index contributed by atoms with van der Waals surface area (Å²) in [7, 11) is 0. The van der Waals surface area contributed by atoms with Crippen molar-refractivity contribution in [2.45, 2.75) is 19.4 Å². The molecule has 0 aliphatic heterocycles. The van der Waals surface area contributed by atoms with Gasteiger partial charge < -0.3 is 4.74 Å². The van der Waals surface area contributed by atoms with Gasteiger partial charge in [-0.1, -0.05) is 23.5 Å². The van der Waals surface area contributed by atoms with Gasteiger partial charge in [-0.3, -0.25) is 14.4 Å². The highest BCUT2D eigenvalue weighted by Crippen LogP contribution is 2.24. The predicted molar refractivity (Wildman–Crippen MR) is 57.2 cm³/mol. The van der Waals surface area contributed by atoms with Crippen molar-refractivity contribution in [2.24, 2.45) is 0 Å². The zero-order valence-corrected chi connectivity index (χ0v) is 10.1. The monoisotopic (exact) mass is 236 g/mol. The zero-order chi connectivity index (χ0) is 11.4. The van der Waals surface area contributed by atoms with E-state index in [1.807, 2.05) is 0 Å². The fraction of sp³-hybridized carbons (Fsp3) is 0.625. The normalized spacial score (nSPS) is 10.9. The second-order valence-corrected chi connectivity index (χ2v) is 4.17. The fourth-order valence-electron chi connectivity index (χ4n) is 0.844. The maximum atomic E-state index is 11.4. The summed E-state index contributed by atoms with van der Waals surface area (Å²) in [6.07, 6.45) is 3.08. The number of rotatable bonds is 3. The van der Waals surface area contributed by atoms with Crippen LogP contribution in [-0.4, -0.2) is 34.3 Å². The van der Waals surface area contributed by atoms with Crippen molar-refractivity contribution in [3.63, 3.8) is 0 Å². The first kappa shape index (κ1) is 13.5. The van der Waals surface area contributed by atoms with Crippen LogP contribution in [0.25, 0.3) is 0 Å². The lowest BCUT2D eigenvalue weighted by molar-refractivity contribution is -0.163. The molecular weight excluding hydrogens is 224 g/mol. The van der Waals surface area contributed by atoms with E-state index in [-0.39, 0.29) is 0 Å². The number of carbonyl (C=O) groups is 3. The van der Waals surface area contributed by atoms with Gasteiger partial charge in [-0.25, -0.2) is 0 Å². The van der Waals surface area contributed by atoms with Gasteiger partial charge in [0.2, 0.25) is 15.8 Å². The van der Waals surface area contributed by atoms with Crippen molar-refractivity contribution in [3.8, 4) is 0 Å². The van der Waals surface area contributed by atoms with Gasteiger partial charge in [0.25, 0.3) is 0 Å². The molecule has 0 aliphatic carbocycles. The Morgan fingerprint density at radius 1 is 1.07 bits per heavy atom. The molecule has 4 nitrogen and oxygen atoms in total. The zero-order valence-electron chi connectivity index (χ0n) is 8.45. The van der Waals surface area contributed by atoms with Crippen molar-refractivity contribution in [2.75, 3.05) is 12.5 Å². The lowest BCUT2D eigenvalue weighted by Crippen LogP contribution is -2.44. The van der Waals surface area contributed by atoms with E-state index in [1.54, 1.807) is 0 Å². The van der Waals surface area contributed by atoms with Gasteiger partial charge in [-0.05, 0) is 19.4 Å². The highest BCUT2D eigenvalue weighted by atomic mass is 32.2. The Labute approximate surface area is 91.1 Å². The van der Waals surface area contributed by atoms with Crippen LogP contribution in [-0.2, 0) is 19.1 Å². The molecule has 6 heteroatoms. The van der Waals surface area contributed by atoms with Crippen LogP contribution < -0.4 is 0 Å². The minimum Gasteiger partial charge on any atom is -0.441 e. The van der Waals surface area contributed by atoms with Crippen molar-refractivity contribution >= 4 is 39.7 Å². The summed E-state index contributed by atoms with van der Waals surface area (Å²) in [4.78, 5) is 33.6. The van der Waals surface area contributed by atoms with Crippen molar-refractivity contribution in [1.29, 1.82) is 0 Å². The Morgan fingerprint density at radius 2 is 1.43 bits per heavy atom. The third-order valence-electron chi connectivity index (χ3n) is 1.50. The standard InChI is InChI=1S/C8H12O4S2/c1-5(9)12-8(2,6(10)13-3)7(11)14-4/h1-4H3. The van der Waals surface area contributed by atoms with E-state index in [2.05, 4.69) is 0 Å². The molecule has 0 aromatic rings. The molecule has 0 aromatic carbocycles. The Hall–Kier alpha value is -0.490. The molecule has 0 atom stereocenters. The largest absolute Gasteiger partial charge is 0.441 e. The number of carbonyl (C=O) groups excluding carboxylic acids is 3. The van der Waals surface area contributed by atoms with Gasteiger partial charge in [0.05, 0.1) is 0 Å². The summed E-state index contributed by atoms with van der Waals surface area (Å²) in [5.74, 6) is -0.641. The first-order chi connectivity index (χ1) is 6.38. The van der Waals surface area contributed by atoms with E-state index in [0.29, 0.717) is 0 Å². The smallest absolute Gasteiger partial charge is 0.304 e. The highest BCUT2D eigenvalue weighted by molar-refractivity contribution is 8.15. The van der Waals surface area contributed by atoms with Crippen LogP contribution in [0.2, 0.25) is 0 Å². The molecular formula is C8H12O4S2. The Morgan fingerprint density at radius 3 is 1.64 bits per heavy atom. The van der Waals surface area contributed by atoms with Crippen LogP contribution in [0.1, 0.15) is 13.8 Å². The number of esters is 1. The first-order valence-corrected chi connectivity index (χ1v) is 6.19. The maximum absolute atomic E-state index is 11.4. The molecule has 0 spiro atoms. The molecule has 0 heterocycles. The molecule has 80 valence electrons. The summed E-state index contributed by atoms with van der Waals surface area (Å²) >= 11 is 1.73. The average Bonchev–Trinajstić information content (AvgIpc) is 2.13.